The van der Waals surface area contributed by atoms with Crippen molar-refractivity contribution >= 4 is 22.9 Å². The highest BCUT2D eigenvalue weighted by Crippen LogP contribution is 2.37. The van der Waals surface area contributed by atoms with Gasteiger partial charge in [-0.3, -0.25) is 9.48 Å². The number of methoxy groups -OCH3 is 2. The van der Waals surface area contributed by atoms with Crippen LogP contribution in [0.1, 0.15) is 43.5 Å². The molecule has 3 atom stereocenters. The van der Waals surface area contributed by atoms with Crippen molar-refractivity contribution in [1.82, 2.24) is 25.3 Å². The van der Waals surface area contributed by atoms with Crippen molar-refractivity contribution in [2.45, 2.75) is 63.6 Å². The topological polar surface area (TPSA) is 127 Å². The van der Waals surface area contributed by atoms with Gasteiger partial charge in [-0.25, -0.2) is 4.79 Å². The van der Waals surface area contributed by atoms with Crippen molar-refractivity contribution in [2.24, 2.45) is 0 Å². The number of fused-ring (bicyclic) bond motifs is 1. The summed E-state index contributed by atoms with van der Waals surface area (Å²) in [5, 5.41) is 21.5. The Morgan fingerprint density at radius 3 is 2.83 bits per heavy atom. The lowest BCUT2D eigenvalue weighted by Gasteiger charge is -2.36. The molecule has 0 bridgehead atoms. The number of aliphatic hydroxyl groups excluding tert-OH is 1. The highest BCUT2D eigenvalue weighted by Gasteiger charge is 2.42. The van der Waals surface area contributed by atoms with E-state index in [4.69, 9.17) is 14.6 Å². The smallest absolute Gasteiger partial charge is 0.406 e. The van der Waals surface area contributed by atoms with Crippen LogP contribution in [0.25, 0.3) is 10.9 Å². The van der Waals surface area contributed by atoms with Gasteiger partial charge < -0.3 is 34.9 Å². The van der Waals surface area contributed by atoms with Crippen LogP contribution in [-0.4, -0.2) is 90.5 Å². The van der Waals surface area contributed by atoms with Gasteiger partial charge >= 0.3 is 6.09 Å². The maximum absolute atomic E-state index is 13.7. The predicted octanol–water partition coefficient (Wildman–Crippen LogP) is 1.33. The number of carbonyl (C=O) groups excluding carboxylic acids is 2. The first-order valence-electron chi connectivity index (χ1n) is 12.6. The standard InChI is InChI=1S/C25H37N5O6/c1-16(30(18-6-7-18)24(32)22-13-26-12-19(36-22)15-34-2)23-20-8-5-17(14-31)11-21(20)29(28-23)10-4-9-27-25(33)35-3/h5,8,11,16,18-19,22,26,31H,4,6-7,9-10,12-15H2,1-3H3,(H,27,33)/t16-,19+,22-/m1/s1. The van der Waals surface area contributed by atoms with Crippen molar-refractivity contribution in [3.63, 3.8) is 0 Å². The van der Waals surface area contributed by atoms with Gasteiger partial charge in [0.2, 0.25) is 0 Å². The molecule has 1 aliphatic heterocycles. The summed E-state index contributed by atoms with van der Waals surface area (Å²) < 4.78 is 17.8. The summed E-state index contributed by atoms with van der Waals surface area (Å²) in [5.41, 5.74) is 2.49. The van der Waals surface area contributed by atoms with Crippen LogP contribution in [0.4, 0.5) is 4.79 Å². The Balaban J connectivity index is 1.57. The number of amides is 2. The molecule has 4 rings (SSSR count). The second-order valence-electron chi connectivity index (χ2n) is 9.40. The van der Waals surface area contributed by atoms with E-state index >= 15 is 0 Å². The molecule has 1 aliphatic carbocycles. The number of rotatable bonds is 11. The summed E-state index contributed by atoms with van der Waals surface area (Å²) in [6.45, 7) is 4.51. The Labute approximate surface area is 211 Å². The zero-order valence-corrected chi connectivity index (χ0v) is 21.2. The van der Waals surface area contributed by atoms with E-state index in [-0.39, 0.29) is 30.7 Å². The first-order valence-corrected chi connectivity index (χ1v) is 12.6. The lowest BCUT2D eigenvalue weighted by molar-refractivity contribution is -0.156. The Morgan fingerprint density at radius 2 is 2.14 bits per heavy atom. The number of aliphatic hydroxyl groups is 1. The third-order valence-corrected chi connectivity index (χ3v) is 6.72. The molecule has 1 aromatic heterocycles. The van der Waals surface area contributed by atoms with Gasteiger partial charge in [0.05, 0.1) is 43.7 Å². The maximum atomic E-state index is 13.7. The molecule has 3 N–H and O–H groups in total. The zero-order valence-electron chi connectivity index (χ0n) is 21.2. The summed E-state index contributed by atoms with van der Waals surface area (Å²) in [5.74, 6) is -0.0322. The van der Waals surface area contributed by atoms with Gasteiger partial charge in [0.1, 0.15) is 6.10 Å². The van der Waals surface area contributed by atoms with Crippen LogP contribution >= 0.6 is 0 Å². The monoisotopic (exact) mass is 503 g/mol. The van der Waals surface area contributed by atoms with E-state index in [1.807, 2.05) is 34.7 Å². The third-order valence-electron chi connectivity index (χ3n) is 6.72. The van der Waals surface area contributed by atoms with Crippen LogP contribution < -0.4 is 10.6 Å². The minimum absolute atomic E-state index is 0.0322. The van der Waals surface area contributed by atoms with E-state index in [1.165, 1.54) is 7.11 Å². The summed E-state index contributed by atoms with van der Waals surface area (Å²) >= 11 is 0. The molecule has 0 unspecified atom stereocenters. The molecule has 11 heteroatoms. The molecular weight excluding hydrogens is 466 g/mol. The van der Waals surface area contributed by atoms with E-state index in [9.17, 15) is 14.7 Å². The first-order chi connectivity index (χ1) is 17.5. The Bertz CT molecular complexity index is 1050. The lowest BCUT2D eigenvalue weighted by atomic mass is 10.1. The van der Waals surface area contributed by atoms with Gasteiger partial charge in [-0.05, 0) is 37.8 Å². The van der Waals surface area contributed by atoms with Crippen molar-refractivity contribution in [2.75, 3.05) is 40.5 Å². The highest BCUT2D eigenvalue weighted by atomic mass is 16.5. The van der Waals surface area contributed by atoms with E-state index in [0.29, 0.717) is 39.2 Å². The number of aromatic nitrogens is 2. The van der Waals surface area contributed by atoms with Crippen molar-refractivity contribution < 1.29 is 28.9 Å². The number of morpholine rings is 1. The Kier molecular flexibility index (Phi) is 8.78. The number of alkyl carbamates (subject to hydrolysis) is 1. The molecule has 1 saturated carbocycles. The highest BCUT2D eigenvalue weighted by molar-refractivity contribution is 5.86. The van der Waals surface area contributed by atoms with Crippen molar-refractivity contribution in [3.05, 3.63) is 29.5 Å². The maximum Gasteiger partial charge on any atom is 0.406 e. The average Bonchev–Trinajstić information content (AvgIpc) is 3.66. The van der Waals surface area contributed by atoms with Crippen LogP contribution in [0.5, 0.6) is 0 Å². The third kappa shape index (κ3) is 5.97. The van der Waals surface area contributed by atoms with Gasteiger partial charge in [-0.1, -0.05) is 12.1 Å². The van der Waals surface area contributed by atoms with Gasteiger partial charge in [0, 0.05) is 44.7 Å². The summed E-state index contributed by atoms with van der Waals surface area (Å²) in [6.07, 6.45) is 1.37. The summed E-state index contributed by atoms with van der Waals surface area (Å²) in [6, 6.07) is 5.69. The fraction of sp³-hybridized carbons (Fsp3) is 0.640. The number of ether oxygens (including phenoxy) is 3. The molecule has 198 valence electrons. The minimum Gasteiger partial charge on any atom is -0.453 e. The predicted molar refractivity (Wildman–Crippen MR) is 132 cm³/mol. The number of nitrogens with zero attached hydrogens (tertiary/aromatic N) is 3. The molecule has 36 heavy (non-hydrogen) atoms. The molecule has 0 radical (unpaired) electrons. The number of hydrogen-bond donors (Lipinski definition) is 3. The van der Waals surface area contributed by atoms with E-state index in [0.717, 1.165) is 35.0 Å². The van der Waals surface area contributed by atoms with Gasteiger partial charge in [-0.2, -0.15) is 5.10 Å². The molecular formula is C25H37N5O6. The second-order valence-corrected chi connectivity index (χ2v) is 9.40. The van der Waals surface area contributed by atoms with E-state index in [2.05, 4.69) is 15.4 Å². The molecule has 1 aromatic carbocycles. The van der Waals surface area contributed by atoms with Gasteiger partial charge in [0.25, 0.3) is 5.91 Å². The van der Waals surface area contributed by atoms with Crippen LogP contribution in [0.2, 0.25) is 0 Å². The molecule has 11 nitrogen and oxygen atoms in total. The number of hydrogen-bond acceptors (Lipinski definition) is 8. The van der Waals surface area contributed by atoms with Gasteiger partial charge in [0.15, 0.2) is 0 Å². The van der Waals surface area contributed by atoms with E-state index < -0.39 is 12.2 Å². The van der Waals surface area contributed by atoms with E-state index in [1.54, 1.807) is 7.11 Å². The number of benzene rings is 1. The van der Waals surface area contributed by atoms with Gasteiger partial charge in [-0.15, -0.1) is 0 Å². The largest absolute Gasteiger partial charge is 0.453 e. The normalized spacial score (nSPS) is 20.8. The van der Waals surface area contributed by atoms with Crippen molar-refractivity contribution in [1.29, 1.82) is 0 Å². The molecule has 2 aliphatic rings. The first kappa shape index (κ1) is 26.3. The molecule has 1 saturated heterocycles. The quantitative estimate of drug-likeness (QED) is 0.392. The number of nitrogens with one attached hydrogen (secondary N) is 2. The molecule has 2 heterocycles. The fourth-order valence-electron chi connectivity index (χ4n) is 4.79. The number of aryl methyl sites for hydroxylation is 1. The van der Waals surface area contributed by atoms with Crippen LogP contribution in [0.15, 0.2) is 18.2 Å². The van der Waals surface area contributed by atoms with Crippen LogP contribution in [0.3, 0.4) is 0 Å². The zero-order chi connectivity index (χ0) is 25.7. The fourth-order valence-corrected chi connectivity index (χ4v) is 4.79. The Hall–Kier alpha value is -2.73. The molecule has 0 spiro atoms. The van der Waals surface area contributed by atoms with Crippen molar-refractivity contribution in [3.8, 4) is 0 Å². The average molecular weight is 504 g/mol. The molecule has 2 amide bonds. The molecule has 2 aromatic rings. The van der Waals surface area contributed by atoms with Crippen LogP contribution in [0, 0.1) is 0 Å². The molecule has 2 fully saturated rings. The Morgan fingerprint density at radius 1 is 1.33 bits per heavy atom. The lowest BCUT2D eigenvalue weighted by Crippen LogP contribution is -2.54. The summed E-state index contributed by atoms with van der Waals surface area (Å²) in [4.78, 5) is 27.0. The SMILES string of the molecule is COC[C@@H]1CNC[C@H](C(=O)N(C2CC2)[C@H](C)c2nn(CCCNC(=O)OC)c3cc(CO)ccc23)O1. The number of carbonyl (C=O) groups is 2. The minimum atomic E-state index is -0.569. The summed E-state index contributed by atoms with van der Waals surface area (Å²) in [7, 11) is 2.96. The van der Waals surface area contributed by atoms with Crippen LogP contribution in [-0.2, 0) is 32.2 Å². The second kappa shape index (κ2) is 12.0.